The molecule has 2 heteroatoms. The highest BCUT2D eigenvalue weighted by molar-refractivity contribution is 5.75. The van der Waals surface area contributed by atoms with Gasteiger partial charge in [-0.2, -0.15) is 0 Å². The summed E-state index contributed by atoms with van der Waals surface area (Å²) in [5.74, 6) is 0.636. The van der Waals surface area contributed by atoms with Gasteiger partial charge in [0.1, 0.15) is 11.6 Å². The zero-order valence-electron chi connectivity index (χ0n) is 17.5. The summed E-state index contributed by atoms with van der Waals surface area (Å²) in [4.78, 5) is 20.6. The average molecular weight is 351 g/mol. The first kappa shape index (κ1) is 43.6. The third kappa shape index (κ3) is 101. The van der Waals surface area contributed by atoms with Gasteiger partial charge >= 0.3 is 0 Å². The Morgan fingerprint density at radius 3 is 0.875 bits per heavy atom. The van der Waals surface area contributed by atoms with Crippen LogP contribution in [-0.2, 0) is 9.59 Å². The maximum atomic E-state index is 10.3. The Morgan fingerprint density at radius 1 is 0.542 bits per heavy atom. The molecular formula is C22H54O2. The van der Waals surface area contributed by atoms with Crippen LogP contribution in [0.15, 0.2) is 0 Å². The molecule has 0 aromatic heterocycles. The van der Waals surface area contributed by atoms with Gasteiger partial charge in [-0.3, -0.25) is 0 Å². The van der Waals surface area contributed by atoms with Gasteiger partial charge in [-0.05, 0) is 26.7 Å². The molecule has 0 amide bonds. The SMILES string of the molecule is C.C.CC.CC.CC.CCCCCC(C)=O.CCCCCC(C)=O. The zero-order valence-corrected chi connectivity index (χ0v) is 17.5. The molecule has 2 nitrogen and oxygen atoms in total. The van der Waals surface area contributed by atoms with Gasteiger partial charge < -0.3 is 9.59 Å². The molecule has 24 heavy (non-hydrogen) atoms. The zero-order chi connectivity index (χ0) is 18.8. The maximum absolute atomic E-state index is 10.3. The van der Waals surface area contributed by atoms with Gasteiger partial charge in [-0.1, -0.05) is 95.9 Å². The average Bonchev–Trinajstić information content (AvgIpc) is 2.54. The number of hydrogen-bond donors (Lipinski definition) is 0. The highest BCUT2D eigenvalue weighted by Crippen LogP contribution is 1.98. The van der Waals surface area contributed by atoms with E-state index in [4.69, 9.17) is 0 Å². The lowest BCUT2D eigenvalue weighted by atomic mass is 10.2. The number of Topliss-reactive ketones (excluding diaryl/α,β-unsaturated/α-hetero) is 2. The molecule has 0 aromatic carbocycles. The number of unbranched alkanes of at least 4 members (excludes halogenated alkanes) is 4. The normalized spacial score (nSPS) is 6.92. The molecular weight excluding hydrogens is 296 g/mol. The van der Waals surface area contributed by atoms with E-state index < -0.39 is 0 Å². The van der Waals surface area contributed by atoms with Gasteiger partial charge in [0.2, 0.25) is 0 Å². The second-order valence-corrected chi connectivity index (χ2v) is 4.32. The molecule has 0 heterocycles. The highest BCUT2D eigenvalue weighted by Gasteiger charge is 1.90. The molecule has 0 unspecified atom stereocenters. The third-order valence-corrected chi connectivity index (χ3v) is 2.26. The van der Waals surface area contributed by atoms with E-state index in [1.807, 2.05) is 41.5 Å². The summed E-state index contributed by atoms with van der Waals surface area (Å²) < 4.78 is 0. The van der Waals surface area contributed by atoms with E-state index in [0.29, 0.717) is 11.6 Å². The second kappa shape index (κ2) is 57.2. The number of rotatable bonds is 8. The van der Waals surface area contributed by atoms with E-state index in [9.17, 15) is 9.59 Å². The Labute approximate surface area is 157 Å². The molecule has 0 atom stereocenters. The van der Waals surface area contributed by atoms with Crippen LogP contribution in [0.25, 0.3) is 0 Å². The molecule has 154 valence electrons. The predicted octanol–water partition coefficient (Wildman–Crippen LogP) is 8.66. The fourth-order valence-electron chi connectivity index (χ4n) is 1.25. The lowest BCUT2D eigenvalue weighted by molar-refractivity contribution is -0.117. The molecule has 0 rings (SSSR count). The van der Waals surface area contributed by atoms with Gasteiger partial charge in [0.15, 0.2) is 0 Å². The van der Waals surface area contributed by atoms with Crippen molar-refractivity contribution in [2.24, 2.45) is 0 Å². The van der Waals surface area contributed by atoms with Gasteiger partial charge in [0.25, 0.3) is 0 Å². The topological polar surface area (TPSA) is 34.1 Å². The van der Waals surface area contributed by atoms with Crippen molar-refractivity contribution in [2.75, 3.05) is 0 Å². The van der Waals surface area contributed by atoms with E-state index in [-0.39, 0.29) is 14.9 Å². The first-order valence-electron chi connectivity index (χ1n) is 9.53. The van der Waals surface area contributed by atoms with Crippen LogP contribution in [0, 0.1) is 0 Å². The fraction of sp³-hybridized carbons (Fsp3) is 0.909. The van der Waals surface area contributed by atoms with E-state index in [0.717, 1.165) is 25.7 Å². The van der Waals surface area contributed by atoms with Gasteiger partial charge in [-0.25, -0.2) is 0 Å². The first-order valence-corrected chi connectivity index (χ1v) is 9.53. The van der Waals surface area contributed by atoms with Crippen molar-refractivity contribution >= 4 is 11.6 Å². The minimum Gasteiger partial charge on any atom is -0.300 e. The molecule has 0 aromatic rings. The van der Waals surface area contributed by atoms with Gasteiger partial charge in [-0.15, -0.1) is 0 Å². The molecule has 0 fully saturated rings. The molecule has 0 saturated carbocycles. The van der Waals surface area contributed by atoms with Crippen LogP contribution in [0.4, 0.5) is 0 Å². The summed E-state index contributed by atoms with van der Waals surface area (Å²) in [5.41, 5.74) is 0. The van der Waals surface area contributed by atoms with Crippen LogP contribution < -0.4 is 0 Å². The Morgan fingerprint density at radius 2 is 0.750 bits per heavy atom. The summed E-state index contributed by atoms with van der Waals surface area (Å²) in [6.45, 7) is 19.6. The smallest absolute Gasteiger partial charge is 0.129 e. The summed E-state index contributed by atoms with van der Waals surface area (Å²) in [5, 5.41) is 0. The second-order valence-electron chi connectivity index (χ2n) is 4.32. The van der Waals surface area contributed by atoms with Crippen molar-refractivity contribution in [3.8, 4) is 0 Å². The Hall–Kier alpha value is -0.660. The van der Waals surface area contributed by atoms with Gasteiger partial charge in [0.05, 0.1) is 0 Å². The third-order valence-electron chi connectivity index (χ3n) is 2.26. The minimum atomic E-state index is 0. The standard InChI is InChI=1S/2C7H14O.3C2H6.2CH4/c2*1-3-4-5-6-7(2)8;3*1-2;;/h2*3-6H2,1-2H3;3*1-2H3;2*1H4. The van der Waals surface area contributed by atoms with E-state index >= 15 is 0 Å². The molecule has 0 aliphatic rings. The van der Waals surface area contributed by atoms with E-state index in [1.165, 1.54) is 25.7 Å². The molecule has 0 radical (unpaired) electrons. The first-order chi connectivity index (χ1) is 10.5. The van der Waals surface area contributed by atoms with Crippen LogP contribution in [0.3, 0.4) is 0 Å². The van der Waals surface area contributed by atoms with E-state index in [1.54, 1.807) is 13.8 Å². The van der Waals surface area contributed by atoms with Crippen LogP contribution in [0.1, 0.15) is 135 Å². The van der Waals surface area contributed by atoms with Gasteiger partial charge in [0, 0.05) is 12.8 Å². The number of ketones is 2. The lowest BCUT2D eigenvalue weighted by Crippen LogP contribution is -1.87. The summed E-state index contributed by atoms with van der Waals surface area (Å²) in [6.07, 6.45) is 8.49. The van der Waals surface area contributed by atoms with Crippen molar-refractivity contribution < 1.29 is 9.59 Å². The monoisotopic (exact) mass is 350 g/mol. The summed E-state index contributed by atoms with van der Waals surface area (Å²) >= 11 is 0. The van der Waals surface area contributed by atoms with E-state index in [2.05, 4.69) is 13.8 Å². The van der Waals surface area contributed by atoms with Crippen molar-refractivity contribution in [3.05, 3.63) is 0 Å². The lowest BCUT2D eigenvalue weighted by Gasteiger charge is -1.90. The van der Waals surface area contributed by atoms with Crippen LogP contribution in [0.2, 0.25) is 0 Å². The minimum absolute atomic E-state index is 0. The molecule has 0 spiro atoms. The Bertz CT molecular complexity index is 155. The summed E-state index contributed by atoms with van der Waals surface area (Å²) in [6, 6.07) is 0. The number of hydrogen-bond acceptors (Lipinski definition) is 2. The van der Waals surface area contributed by atoms with Crippen LogP contribution >= 0.6 is 0 Å². The number of carbonyl (C=O) groups is 2. The Balaban J connectivity index is -0.0000000344. The molecule has 0 N–H and O–H groups in total. The molecule has 0 bridgehead atoms. The number of carbonyl (C=O) groups excluding carboxylic acids is 2. The fourth-order valence-corrected chi connectivity index (χ4v) is 1.25. The predicted molar refractivity (Wildman–Crippen MR) is 117 cm³/mol. The van der Waals surface area contributed by atoms with Crippen molar-refractivity contribution in [2.45, 2.75) is 135 Å². The molecule has 0 saturated heterocycles. The molecule has 0 aliphatic heterocycles. The maximum Gasteiger partial charge on any atom is 0.129 e. The highest BCUT2D eigenvalue weighted by atomic mass is 16.1. The van der Waals surface area contributed by atoms with Crippen molar-refractivity contribution in [3.63, 3.8) is 0 Å². The van der Waals surface area contributed by atoms with Crippen molar-refractivity contribution in [1.29, 1.82) is 0 Å². The van der Waals surface area contributed by atoms with Crippen molar-refractivity contribution in [1.82, 2.24) is 0 Å². The van der Waals surface area contributed by atoms with Crippen LogP contribution in [-0.4, -0.2) is 11.6 Å². The quantitative estimate of drug-likeness (QED) is 0.410. The molecule has 0 aliphatic carbocycles. The largest absolute Gasteiger partial charge is 0.300 e. The van der Waals surface area contributed by atoms with Crippen LogP contribution in [0.5, 0.6) is 0 Å². The Kier molecular flexibility index (Phi) is 104. The summed E-state index contributed by atoms with van der Waals surface area (Å²) in [7, 11) is 0.